The van der Waals surface area contributed by atoms with Gasteiger partial charge in [-0.1, -0.05) is 12.1 Å². The lowest BCUT2D eigenvalue weighted by molar-refractivity contribution is 0.208. The molecule has 24 heavy (non-hydrogen) atoms. The van der Waals surface area contributed by atoms with Crippen molar-refractivity contribution in [1.29, 1.82) is 0 Å². The van der Waals surface area contributed by atoms with Crippen LogP contribution in [0.15, 0.2) is 36.7 Å². The van der Waals surface area contributed by atoms with Gasteiger partial charge < -0.3 is 15.0 Å². The van der Waals surface area contributed by atoms with E-state index in [0.29, 0.717) is 6.54 Å². The number of hydrogen-bond donors (Lipinski definition) is 1. The van der Waals surface area contributed by atoms with Crippen molar-refractivity contribution in [3.8, 4) is 5.75 Å². The predicted octanol–water partition coefficient (Wildman–Crippen LogP) is 2.25. The molecule has 2 aromatic rings. The second-order valence-corrected chi connectivity index (χ2v) is 5.88. The second-order valence-electron chi connectivity index (χ2n) is 5.88. The Morgan fingerprint density at radius 3 is 2.62 bits per heavy atom. The second kappa shape index (κ2) is 8.96. The maximum atomic E-state index is 12.0. The molecule has 2 amide bonds. The number of hydrogen-bond acceptors (Lipinski definition) is 3. The maximum Gasteiger partial charge on any atom is 0.317 e. The number of ether oxygens (including phenoxy) is 1. The summed E-state index contributed by atoms with van der Waals surface area (Å²) in [5.41, 5.74) is 2.38. The molecule has 0 fully saturated rings. The average Bonchev–Trinajstić information content (AvgIpc) is 3.00. The minimum atomic E-state index is -0.0337. The van der Waals surface area contributed by atoms with Gasteiger partial charge in [0.05, 0.1) is 13.3 Å². The van der Waals surface area contributed by atoms with Crippen molar-refractivity contribution >= 4 is 6.03 Å². The molecule has 6 nitrogen and oxygen atoms in total. The van der Waals surface area contributed by atoms with E-state index in [4.69, 9.17) is 4.74 Å². The van der Waals surface area contributed by atoms with Gasteiger partial charge >= 0.3 is 6.03 Å². The third-order valence-corrected chi connectivity index (χ3v) is 3.91. The van der Waals surface area contributed by atoms with E-state index in [1.165, 1.54) is 5.56 Å². The highest BCUT2D eigenvalue weighted by molar-refractivity contribution is 5.73. The first-order valence-electron chi connectivity index (χ1n) is 8.18. The van der Waals surface area contributed by atoms with E-state index in [2.05, 4.69) is 22.5 Å². The number of carbonyl (C=O) groups excluding carboxylic acids is 1. The smallest absolute Gasteiger partial charge is 0.317 e. The molecule has 1 aromatic carbocycles. The van der Waals surface area contributed by atoms with Gasteiger partial charge in [-0.3, -0.25) is 4.68 Å². The summed E-state index contributed by atoms with van der Waals surface area (Å²) >= 11 is 0. The summed E-state index contributed by atoms with van der Waals surface area (Å²) in [4.78, 5) is 13.8. The van der Waals surface area contributed by atoms with Crippen molar-refractivity contribution in [1.82, 2.24) is 20.0 Å². The third-order valence-electron chi connectivity index (χ3n) is 3.91. The molecule has 0 atom stereocenters. The molecule has 1 N–H and O–H groups in total. The van der Waals surface area contributed by atoms with Crippen LogP contribution in [0.4, 0.5) is 4.79 Å². The summed E-state index contributed by atoms with van der Waals surface area (Å²) in [7, 11) is 5.38. The lowest BCUT2D eigenvalue weighted by atomic mass is 10.1. The van der Waals surface area contributed by atoms with Gasteiger partial charge in [0.2, 0.25) is 0 Å². The average molecular weight is 330 g/mol. The zero-order valence-electron chi connectivity index (χ0n) is 14.7. The van der Waals surface area contributed by atoms with Crippen LogP contribution in [0.1, 0.15) is 17.5 Å². The van der Waals surface area contributed by atoms with Gasteiger partial charge in [-0.15, -0.1) is 0 Å². The van der Waals surface area contributed by atoms with E-state index in [0.717, 1.165) is 37.1 Å². The number of urea groups is 1. The van der Waals surface area contributed by atoms with Crippen LogP contribution in [-0.4, -0.2) is 48.0 Å². The Morgan fingerprint density at radius 1 is 1.25 bits per heavy atom. The minimum Gasteiger partial charge on any atom is -0.497 e. The van der Waals surface area contributed by atoms with Gasteiger partial charge in [0.1, 0.15) is 5.75 Å². The van der Waals surface area contributed by atoms with E-state index in [1.807, 2.05) is 38.6 Å². The monoisotopic (exact) mass is 330 g/mol. The molecule has 1 heterocycles. The fraction of sp³-hybridized carbons (Fsp3) is 0.444. The standard InChI is InChI=1S/C18H26N4O2/c1-21(12-4-5-15-6-8-17(24-3)9-7-15)18(23)19-11-10-16-13-20-22(2)14-16/h6-9,13-14H,4-5,10-12H2,1-3H3,(H,19,23). The molecular weight excluding hydrogens is 304 g/mol. The van der Waals surface area contributed by atoms with E-state index in [9.17, 15) is 4.79 Å². The Hall–Kier alpha value is -2.50. The molecule has 0 aliphatic heterocycles. The van der Waals surface area contributed by atoms with Gasteiger partial charge in [-0.25, -0.2) is 4.79 Å². The van der Waals surface area contributed by atoms with Crippen molar-refractivity contribution < 1.29 is 9.53 Å². The van der Waals surface area contributed by atoms with Crippen molar-refractivity contribution in [3.05, 3.63) is 47.8 Å². The molecule has 0 aliphatic rings. The number of nitrogens with zero attached hydrogens (tertiary/aromatic N) is 3. The lowest BCUT2D eigenvalue weighted by Crippen LogP contribution is -2.38. The highest BCUT2D eigenvalue weighted by Gasteiger charge is 2.07. The van der Waals surface area contributed by atoms with Crippen LogP contribution in [0.2, 0.25) is 0 Å². The Morgan fingerprint density at radius 2 is 2.00 bits per heavy atom. The molecule has 0 unspecified atom stereocenters. The molecule has 0 spiro atoms. The van der Waals surface area contributed by atoms with Crippen LogP contribution in [0.3, 0.4) is 0 Å². The zero-order chi connectivity index (χ0) is 17.4. The van der Waals surface area contributed by atoms with Crippen molar-refractivity contribution in [3.63, 3.8) is 0 Å². The summed E-state index contributed by atoms with van der Waals surface area (Å²) in [6, 6.07) is 8.02. The van der Waals surface area contributed by atoms with Crippen LogP contribution >= 0.6 is 0 Å². The Labute approximate surface area is 143 Å². The summed E-state index contributed by atoms with van der Waals surface area (Å²) in [5.74, 6) is 0.865. The topological polar surface area (TPSA) is 59.4 Å². The Bertz CT molecular complexity index is 637. The number of amides is 2. The van der Waals surface area contributed by atoms with Crippen molar-refractivity contribution in [2.75, 3.05) is 27.2 Å². The quantitative estimate of drug-likeness (QED) is 0.807. The molecule has 1 aromatic heterocycles. The van der Waals surface area contributed by atoms with E-state index < -0.39 is 0 Å². The number of rotatable bonds is 8. The van der Waals surface area contributed by atoms with Crippen molar-refractivity contribution in [2.45, 2.75) is 19.3 Å². The predicted molar refractivity (Wildman–Crippen MR) is 94.3 cm³/mol. The van der Waals surface area contributed by atoms with E-state index >= 15 is 0 Å². The largest absolute Gasteiger partial charge is 0.497 e. The molecule has 0 radical (unpaired) electrons. The highest BCUT2D eigenvalue weighted by atomic mass is 16.5. The summed E-state index contributed by atoms with van der Waals surface area (Å²) in [5, 5.41) is 7.05. The summed E-state index contributed by atoms with van der Waals surface area (Å²) < 4.78 is 6.91. The number of methoxy groups -OCH3 is 1. The first kappa shape index (κ1) is 17.8. The van der Waals surface area contributed by atoms with E-state index in [-0.39, 0.29) is 6.03 Å². The van der Waals surface area contributed by atoms with Crippen LogP contribution in [0, 0.1) is 0 Å². The van der Waals surface area contributed by atoms with Crippen LogP contribution < -0.4 is 10.1 Å². The summed E-state index contributed by atoms with van der Waals surface area (Å²) in [6.07, 6.45) is 6.45. The maximum absolute atomic E-state index is 12.0. The molecule has 0 aliphatic carbocycles. The molecule has 0 bridgehead atoms. The van der Waals surface area contributed by atoms with Gasteiger partial charge in [-0.2, -0.15) is 5.10 Å². The summed E-state index contributed by atoms with van der Waals surface area (Å²) in [6.45, 7) is 1.35. The fourth-order valence-electron chi connectivity index (χ4n) is 2.46. The van der Waals surface area contributed by atoms with E-state index in [1.54, 1.807) is 16.7 Å². The minimum absolute atomic E-state index is 0.0337. The number of nitrogens with one attached hydrogen (secondary N) is 1. The normalized spacial score (nSPS) is 10.5. The Kier molecular flexibility index (Phi) is 6.66. The first-order valence-corrected chi connectivity index (χ1v) is 8.18. The van der Waals surface area contributed by atoms with Crippen LogP contribution in [0.5, 0.6) is 5.75 Å². The molecule has 130 valence electrons. The number of benzene rings is 1. The molecular formula is C18H26N4O2. The number of aryl methyl sites for hydroxylation is 2. The van der Waals surface area contributed by atoms with Gasteiger partial charge in [0.15, 0.2) is 0 Å². The van der Waals surface area contributed by atoms with Gasteiger partial charge in [-0.05, 0) is 42.5 Å². The van der Waals surface area contributed by atoms with Crippen molar-refractivity contribution in [2.24, 2.45) is 7.05 Å². The third kappa shape index (κ3) is 5.61. The molecule has 0 saturated carbocycles. The lowest BCUT2D eigenvalue weighted by Gasteiger charge is -2.17. The fourth-order valence-corrected chi connectivity index (χ4v) is 2.46. The SMILES string of the molecule is COc1ccc(CCCN(C)C(=O)NCCc2cnn(C)c2)cc1. The number of aromatic nitrogens is 2. The zero-order valence-corrected chi connectivity index (χ0v) is 14.7. The Balaban J connectivity index is 1.63. The van der Waals surface area contributed by atoms with Gasteiger partial charge in [0, 0.05) is 33.4 Å². The number of carbonyl (C=O) groups is 1. The van der Waals surface area contributed by atoms with Gasteiger partial charge in [0.25, 0.3) is 0 Å². The molecule has 0 saturated heterocycles. The highest BCUT2D eigenvalue weighted by Crippen LogP contribution is 2.12. The van der Waals surface area contributed by atoms with Crippen LogP contribution in [0.25, 0.3) is 0 Å². The first-order chi connectivity index (χ1) is 11.6. The molecule has 6 heteroatoms. The molecule has 2 rings (SSSR count). The van der Waals surface area contributed by atoms with Crippen LogP contribution in [-0.2, 0) is 19.9 Å².